The highest BCUT2D eigenvalue weighted by Crippen LogP contribution is 2.34. The summed E-state index contributed by atoms with van der Waals surface area (Å²) in [5.74, 6) is 1.25. The van der Waals surface area contributed by atoms with Crippen LogP contribution in [-0.4, -0.2) is 18.1 Å². The Morgan fingerprint density at radius 3 is 2.67 bits per heavy atom. The normalized spacial score (nSPS) is 33.2. The lowest BCUT2D eigenvalue weighted by Gasteiger charge is -2.40. The van der Waals surface area contributed by atoms with Gasteiger partial charge in [-0.25, -0.2) is 0 Å². The molecule has 1 nitrogen and oxygen atoms in total. The first kappa shape index (κ1) is 10.3. The predicted molar refractivity (Wildman–Crippen MR) is 52.7 cm³/mol. The second-order valence-electron chi connectivity index (χ2n) is 3.81. The van der Waals surface area contributed by atoms with Gasteiger partial charge in [0.05, 0.1) is 11.5 Å². The molecule has 1 aliphatic rings. The molecule has 0 spiro atoms. The summed E-state index contributed by atoms with van der Waals surface area (Å²) in [5.41, 5.74) is -0.00540. The third-order valence-corrected chi connectivity index (χ3v) is 3.57. The zero-order valence-corrected chi connectivity index (χ0v) is 8.86. The van der Waals surface area contributed by atoms with Gasteiger partial charge >= 0.3 is 0 Å². The molecule has 1 saturated heterocycles. The van der Waals surface area contributed by atoms with E-state index in [-0.39, 0.29) is 5.60 Å². The lowest BCUT2D eigenvalue weighted by Crippen LogP contribution is -2.44. The maximum Gasteiger partial charge on any atom is 0.0842 e. The molecular formula is C10H19ClO. The molecule has 0 bridgehead atoms. The fraction of sp³-hybridized carbons (Fsp3) is 1.00. The van der Waals surface area contributed by atoms with Gasteiger partial charge < -0.3 is 4.74 Å². The van der Waals surface area contributed by atoms with Crippen molar-refractivity contribution in [2.75, 3.05) is 12.5 Å². The van der Waals surface area contributed by atoms with Crippen LogP contribution < -0.4 is 0 Å². The summed E-state index contributed by atoms with van der Waals surface area (Å²) in [5, 5.41) is 0. The third-order valence-electron chi connectivity index (χ3n) is 3.12. The van der Waals surface area contributed by atoms with Crippen LogP contribution in [0.1, 0.15) is 39.5 Å². The van der Waals surface area contributed by atoms with E-state index in [1.165, 1.54) is 12.8 Å². The van der Waals surface area contributed by atoms with Gasteiger partial charge in [0, 0.05) is 6.61 Å². The minimum Gasteiger partial charge on any atom is -0.373 e. The van der Waals surface area contributed by atoms with Gasteiger partial charge in [-0.15, -0.1) is 11.6 Å². The van der Waals surface area contributed by atoms with E-state index in [0.717, 1.165) is 19.4 Å². The Kier molecular flexibility index (Phi) is 3.85. The van der Waals surface area contributed by atoms with Gasteiger partial charge in [0.25, 0.3) is 0 Å². The van der Waals surface area contributed by atoms with E-state index in [1.807, 2.05) is 0 Å². The van der Waals surface area contributed by atoms with Crippen LogP contribution in [-0.2, 0) is 4.74 Å². The minimum atomic E-state index is -0.00540. The molecular weight excluding hydrogens is 172 g/mol. The average Bonchev–Trinajstić information content (AvgIpc) is 2.17. The van der Waals surface area contributed by atoms with Crippen LogP contribution in [0.4, 0.5) is 0 Å². The van der Waals surface area contributed by atoms with E-state index in [9.17, 15) is 0 Å². The minimum absolute atomic E-state index is 0.00540. The molecule has 2 atom stereocenters. The molecule has 0 aliphatic carbocycles. The first-order valence-electron chi connectivity index (χ1n) is 4.95. The van der Waals surface area contributed by atoms with Gasteiger partial charge in [0.2, 0.25) is 0 Å². The van der Waals surface area contributed by atoms with Crippen molar-refractivity contribution in [2.24, 2.45) is 5.92 Å². The summed E-state index contributed by atoms with van der Waals surface area (Å²) in [4.78, 5) is 0. The quantitative estimate of drug-likeness (QED) is 0.621. The molecule has 2 heteroatoms. The third kappa shape index (κ3) is 1.94. The number of alkyl halides is 1. The van der Waals surface area contributed by atoms with Crippen molar-refractivity contribution in [1.29, 1.82) is 0 Å². The molecule has 0 N–H and O–H groups in total. The number of hydrogen-bond acceptors (Lipinski definition) is 1. The summed E-state index contributed by atoms with van der Waals surface area (Å²) >= 11 is 5.99. The Morgan fingerprint density at radius 1 is 1.50 bits per heavy atom. The monoisotopic (exact) mass is 190 g/mol. The Balaban J connectivity index is 2.59. The van der Waals surface area contributed by atoms with E-state index in [0.29, 0.717) is 11.8 Å². The average molecular weight is 191 g/mol. The Bertz CT molecular complexity index is 130. The fourth-order valence-corrected chi connectivity index (χ4v) is 2.35. The van der Waals surface area contributed by atoms with E-state index in [4.69, 9.17) is 16.3 Å². The Hall–Kier alpha value is 0.250. The molecule has 1 heterocycles. The van der Waals surface area contributed by atoms with Crippen LogP contribution >= 0.6 is 11.6 Å². The highest BCUT2D eigenvalue weighted by molar-refractivity contribution is 6.18. The van der Waals surface area contributed by atoms with Crippen molar-refractivity contribution in [2.45, 2.75) is 45.1 Å². The summed E-state index contributed by atoms with van der Waals surface area (Å²) in [6, 6.07) is 0. The Labute approximate surface area is 80.4 Å². The summed E-state index contributed by atoms with van der Waals surface area (Å²) in [6.07, 6.45) is 4.78. The Morgan fingerprint density at radius 2 is 2.25 bits per heavy atom. The molecule has 12 heavy (non-hydrogen) atoms. The molecule has 1 fully saturated rings. The van der Waals surface area contributed by atoms with Gasteiger partial charge in [0.15, 0.2) is 0 Å². The van der Waals surface area contributed by atoms with E-state index in [2.05, 4.69) is 13.8 Å². The molecule has 72 valence electrons. The molecule has 0 aromatic heterocycles. The van der Waals surface area contributed by atoms with Crippen LogP contribution in [0.2, 0.25) is 0 Å². The van der Waals surface area contributed by atoms with Crippen molar-refractivity contribution in [3.05, 3.63) is 0 Å². The van der Waals surface area contributed by atoms with Crippen LogP contribution in [0.25, 0.3) is 0 Å². The molecule has 1 rings (SSSR count). The van der Waals surface area contributed by atoms with E-state index < -0.39 is 0 Å². The molecule has 1 aliphatic heterocycles. The largest absolute Gasteiger partial charge is 0.373 e. The van der Waals surface area contributed by atoms with Crippen molar-refractivity contribution in [3.8, 4) is 0 Å². The smallest absolute Gasteiger partial charge is 0.0842 e. The zero-order chi connectivity index (χ0) is 9.03. The van der Waals surface area contributed by atoms with E-state index >= 15 is 0 Å². The predicted octanol–water partition coefficient (Wildman–Crippen LogP) is 3.21. The maximum absolute atomic E-state index is 5.99. The van der Waals surface area contributed by atoms with Crippen LogP contribution in [0, 0.1) is 5.92 Å². The first-order chi connectivity index (χ1) is 5.75. The van der Waals surface area contributed by atoms with Crippen LogP contribution in [0.5, 0.6) is 0 Å². The second kappa shape index (κ2) is 4.48. The summed E-state index contributed by atoms with van der Waals surface area (Å²) in [7, 11) is 0. The van der Waals surface area contributed by atoms with Crippen LogP contribution in [0.15, 0.2) is 0 Å². The number of halogens is 1. The van der Waals surface area contributed by atoms with Gasteiger partial charge in [-0.05, 0) is 25.2 Å². The lowest BCUT2D eigenvalue weighted by molar-refractivity contribution is -0.0969. The highest BCUT2D eigenvalue weighted by atomic mass is 35.5. The van der Waals surface area contributed by atoms with Crippen molar-refractivity contribution in [3.63, 3.8) is 0 Å². The van der Waals surface area contributed by atoms with Gasteiger partial charge in [-0.3, -0.25) is 0 Å². The molecule has 2 unspecified atom stereocenters. The highest BCUT2D eigenvalue weighted by Gasteiger charge is 2.36. The van der Waals surface area contributed by atoms with Crippen molar-refractivity contribution in [1.82, 2.24) is 0 Å². The molecule has 0 radical (unpaired) electrons. The van der Waals surface area contributed by atoms with Crippen LogP contribution in [0.3, 0.4) is 0 Å². The van der Waals surface area contributed by atoms with E-state index in [1.54, 1.807) is 0 Å². The number of ether oxygens (including phenoxy) is 1. The fourth-order valence-electron chi connectivity index (χ4n) is 1.87. The topological polar surface area (TPSA) is 9.23 Å². The number of hydrogen-bond donors (Lipinski definition) is 0. The first-order valence-corrected chi connectivity index (χ1v) is 5.48. The lowest BCUT2D eigenvalue weighted by atomic mass is 9.82. The molecule has 0 saturated carbocycles. The van der Waals surface area contributed by atoms with Crippen molar-refractivity contribution < 1.29 is 4.74 Å². The zero-order valence-electron chi connectivity index (χ0n) is 8.11. The summed E-state index contributed by atoms with van der Waals surface area (Å²) < 4.78 is 5.84. The second-order valence-corrected chi connectivity index (χ2v) is 4.08. The maximum atomic E-state index is 5.99. The SMILES string of the molecule is CCC(C)C1(CCl)CCCCO1. The molecule has 0 aromatic rings. The van der Waals surface area contributed by atoms with Gasteiger partial charge in [0.1, 0.15) is 0 Å². The molecule has 0 aromatic carbocycles. The molecule has 0 amide bonds. The summed E-state index contributed by atoms with van der Waals surface area (Å²) in [6.45, 7) is 5.35. The standard InChI is InChI=1S/C10H19ClO/c1-3-9(2)10(8-11)6-4-5-7-12-10/h9H,3-8H2,1-2H3. The van der Waals surface area contributed by atoms with Crippen molar-refractivity contribution >= 4 is 11.6 Å². The van der Waals surface area contributed by atoms with Gasteiger partial charge in [-0.2, -0.15) is 0 Å². The van der Waals surface area contributed by atoms with Gasteiger partial charge in [-0.1, -0.05) is 20.3 Å². The number of rotatable bonds is 3.